The third-order valence-corrected chi connectivity index (χ3v) is 6.11. The quantitative estimate of drug-likeness (QED) is 0.309. The number of para-hydroxylation sites is 2. The number of nitrogens with zero attached hydrogens (tertiary/aromatic N) is 3. The van der Waals surface area contributed by atoms with Gasteiger partial charge in [-0.15, -0.1) is 10.2 Å². The van der Waals surface area contributed by atoms with Crippen LogP contribution in [-0.4, -0.2) is 10.2 Å². The third-order valence-electron chi connectivity index (χ3n) is 6.11. The standard InChI is InChI=1S/C28H21N3O/c1-19-23-11-5-7-13-25(23)31(26-14-8-6-12-24(19)26)22-17-15-21(16-18-22)28-30-29-27(32-28)20-9-3-2-4-10-20/h2-19H,1H3. The average Bonchev–Trinajstić information content (AvgIpc) is 3.36. The number of anilines is 3. The van der Waals surface area contributed by atoms with Crippen molar-refractivity contribution in [2.45, 2.75) is 12.8 Å². The highest BCUT2D eigenvalue weighted by Crippen LogP contribution is 2.48. The van der Waals surface area contributed by atoms with Gasteiger partial charge in [-0.25, -0.2) is 0 Å². The molecule has 5 aromatic rings. The van der Waals surface area contributed by atoms with E-state index in [0.717, 1.165) is 16.8 Å². The van der Waals surface area contributed by atoms with Crippen LogP contribution in [0.2, 0.25) is 0 Å². The molecule has 4 nitrogen and oxygen atoms in total. The van der Waals surface area contributed by atoms with E-state index in [1.807, 2.05) is 42.5 Å². The van der Waals surface area contributed by atoms with Gasteiger partial charge in [-0.2, -0.15) is 0 Å². The van der Waals surface area contributed by atoms with Crippen LogP contribution in [0.5, 0.6) is 0 Å². The number of hydrogen-bond donors (Lipinski definition) is 0. The van der Waals surface area contributed by atoms with Crippen molar-refractivity contribution < 1.29 is 4.42 Å². The molecule has 1 aromatic heterocycles. The minimum atomic E-state index is 0.354. The summed E-state index contributed by atoms with van der Waals surface area (Å²) in [6, 6.07) is 35.4. The van der Waals surface area contributed by atoms with Crippen LogP contribution in [0.1, 0.15) is 24.0 Å². The Morgan fingerprint density at radius 3 is 1.69 bits per heavy atom. The molecule has 0 atom stereocenters. The van der Waals surface area contributed by atoms with Crippen LogP contribution in [0.15, 0.2) is 108 Å². The molecule has 1 aliphatic heterocycles. The summed E-state index contributed by atoms with van der Waals surface area (Å²) in [5, 5.41) is 8.47. The first-order valence-electron chi connectivity index (χ1n) is 10.8. The molecule has 1 aliphatic rings. The van der Waals surface area contributed by atoms with Crippen LogP contribution in [0, 0.1) is 0 Å². The maximum absolute atomic E-state index is 5.93. The van der Waals surface area contributed by atoms with Crippen LogP contribution < -0.4 is 4.90 Å². The Kier molecular flexibility index (Phi) is 4.36. The van der Waals surface area contributed by atoms with Crippen molar-refractivity contribution in [3.63, 3.8) is 0 Å². The molecule has 0 unspecified atom stereocenters. The van der Waals surface area contributed by atoms with E-state index in [4.69, 9.17) is 4.42 Å². The number of fused-ring (bicyclic) bond motifs is 2. The molecule has 154 valence electrons. The van der Waals surface area contributed by atoms with Crippen LogP contribution in [0.25, 0.3) is 22.9 Å². The van der Waals surface area contributed by atoms with Crippen LogP contribution >= 0.6 is 0 Å². The van der Waals surface area contributed by atoms with Crippen molar-refractivity contribution in [1.29, 1.82) is 0 Å². The van der Waals surface area contributed by atoms with Gasteiger partial charge < -0.3 is 9.32 Å². The summed E-state index contributed by atoms with van der Waals surface area (Å²) >= 11 is 0. The molecule has 2 heterocycles. The van der Waals surface area contributed by atoms with Gasteiger partial charge in [0.15, 0.2) is 0 Å². The maximum atomic E-state index is 5.93. The predicted octanol–water partition coefficient (Wildman–Crippen LogP) is 7.34. The van der Waals surface area contributed by atoms with E-state index in [1.165, 1.54) is 22.5 Å². The first kappa shape index (κ1) is 18.6. The summed E-state index contributed by atoms with van der Waals surface area (Å²) in [7, 11) is 0. The van der Waals surface area contributed by atoms with Gasteiger partial charge in [0.05, 0.1) is 0 Å². The maximum Gasteiger partial charge on any atom is 0.248 e. The van der Waals surface area contributed by atoms with E-state index >= 15 is 0 Å². The Balaban J connectivity index is 1.39. The molecule has 0 saturated heterocycles. The predicted molar refractivity (Wildman–Crippen MR) is 127 cm³/mol. The van der Waals surface area contributed by atoms with E-state index in [-0.39, 0.29) is 0 Å². The zero-order chi connectivity index (χ0) is 21.5. The van der Waals surface area contributed by atoms with E-state index in [2.05, 4.69) is 82.7 Å². The highest BCUT2D eigenvalue weighted by molar-refractivity contribution is 5.85. The minimum absolute atomic E-state index is 0.354. The van der Waals surface area contributed by atoms with Crippen LogP contribution in [0.4, 0.5) is 17.1 Å². The van der Waals surface area contributed by atoms with Gasteiger partial charge >= 0.3 is 0 Å². The van der Waals surface area contributed by atoms with Crippen molar-refractivity contribution in [1.82, 2.24) is 10.2 Å². The monoisotopic (exact) mass is 415 g/mol. The summed E-state index contributed by atoms with van der Waals surface area (Å²) in [6.45, 7) is 2.28. The summed E-state index contributed by atoms with van der Waals surface area (Å²) in [4.78, 5) is 2.33. The van der Waals surface area contributed by atoms with Crippen LogP contribution in [0.3, 0.4) is 0 Å². The fourth-order valence-electron chi connectivity index (χ4n) is 4.48. The van der Waals surface area contributed by atoms with Crippen molar-refractivity contribution in [2.75, 3.05) is 4.90 Å². The number of benzene rings is 4. The first-order chi connectivity index (χ1) is 15.8. The van der Waals surface area contributed by atoms with Gasteiger partial charge in [-0.3, -0.25) is 0 Å². The molecular weight excluding hydrogens is 394 g/mol. The topological polar surface area (TPSA) is 42.2 Å². The molecule has 32 heavy (non-hydrogen) atoms. The highest BCUT2D eigenvalue weighted by Gasteiger charge is 2.28. The second-order valence-electron chi connectivity index (χ2n) is 8.00. The van der Waals surface area contributed by atoms with Gasteiger partial charge in [0.2, 0.25) is 11.8 Å². The normalized spacial score (nSPS) is 13.0. The molecule has 0 N–H and O–H groups in total. The minimum Gasteiger partial charge on any atom is -0.416 e. The molecule has 0 amide bonds. The summed E-state index contributed by atoms with van der Waals surface area (Å²) < 4.78 is 5.93. The SMILES string of the molecule is CC1c2ccccc2N(c2ccc(-c3nnc(-c4ccccc4)o3)cc2)c2ccccc21. The molecular formula is C28H21N3O. The van der Waals surface area contributed by atoms with Crippen molar-refractivity contribution >= 4 is 17.1 Å². The highest BCUT2D eigenvalue weighted by atomic mass is 16.4. The van der Waals surface area contributed by atoms with Gasteiger partial charge in [0, 0.05) is 34.1 Å². The zero-order valence-electron chi connectivity index (χ0n) is 17.6. The average molecular weight is 415 g/mol. The Hall–Kier alpha value is -4.18. The lowest BCUT2D eigenvalue weighted by atomic mass is 9.86. The fraction of sp³-hybridized carbons (Fsp3) is 0.0714. The Bertz CT molecular complexity index is 1340. The Morgan fingerprint density at radius 1 is 0.594 bits per heavy atom. The Labute approximate surface area is 186 Å². The lowest BCUT2D eigenvalue weighted by molar-refractivity contribution is 0.584. The van der Waals surface area contributed by atoms with Crippen LogP contribution in [-0.2, 0) is 0 Å². The largest absolute Gasteiger partial charge is 0.416 e. The number of aromatic nitrogens is 2. The van der Waals surface area contributed by atoms with E-state index in [0.29, 0.717) is 17.7 Å². The van der Waals surface area contributed by atoms with Gasteiger partial charge in [0.25, 0.3) is 0 Å². The second-order valence-corrected chi connectivity index (χ2v) is 8.00. The molecule has 0 saturated carbocycles. The molecule has 4 aromatic carbocycles. The number of hydrogen-bond acceptors (Lipinski definition) is 4. The molecule has 0 radical (unpaired) electrons. The van der Waals surface area contributed by atoms with E-state index in [1.54, 1.807) is 0 Å². The fourth-order valence-corrected chi connectivity index (χ4v) is 4.48. The van der Waals surface area contributed by atoms with Crippen molar-refractivity contribution in [2.24, 2.45) is 0 Å². The molecule has 0 fully saturated rings. The molecule has 4 heteroatoms. The van der Waals surface area contributed by atoms with Gasteiger partial charge in [-0.05, 0) is 59.7 Å². The summed E-state index contributed by atoms with van der Waals surface area (Å²) in [5.74, 6) is 1.40. The lowest BCUT2D eigenvalue weighted by Crippen LogP contribution is -2.20. The van der Waals surface area contributed by atoms with Gasteiger partial charge in [0.1, 0.15) is 0 Å². The van der Waals surface area contributed by atoms with Crippen molar-refractivity contribution in [3.8, 4) is 22.9 Å². The third kappa shape index (κ3) is 3.00. The molecule has 0 aliphatic carbocycles. The lowest BCUT2D eigenvalue weighted by Gasteiger charge is -2.36. The van der Waals surface area contributed by atoms with E-state index in [9.17, 15) is 0 Å². The first-order valence-corrected chi connectivity index (χ1v) is 10.8. The molecule has 6 rings (SSSR count). The summed E-state index contributed by atoms with van der Waals surface area (Å²) in [6.07, 6.45) is 0. The van der Waals surface area contributed by atoms with E-state index < -0.39 is 0 Å². The zero-order valence-corrected chi connectivity index (χ0v) is 17.6. The second kappa shape index (κ2) is 7.50. The smallest absolute Gasteiger partial charge is 0.248 e. The Morgan fingerprint density at radius 2 is 1.09 bits per heavy atom. The molecule has 0 spiro atoms. The summed E-state index contributed by atoms with van der Waals surface area (Å²) in [5.41, 5.74) is 8.02. The van der Waals surface area contributed by atoms with Gasteiger partial charge in [-0.1, -0.05) is 61.5 Å². The molecule has 0 bridgehead atoms. The number of rotatable bonds is 3. The van der Waals surface area contributed by atoms with Crippen molar-refractivity contribution in [3.05, 3.63) is 114 Å².